The van der Waals surface area contributed by atoms with E-state index in [1.165, 1.54) is 18.9 Å². The van der Waals surface area contributed by atoms with Gasteiger partial charge in [-0.1, -0.05) is 30.3 Å². The van der Waals surface area contributed by atoms with Crippen LogP contribution >= 0.6 is 0 Å². The molecule has 29 heavy (non-hydrogen) atoms. The molecule has 1 atom stereocenters. The highest BCUT2D eigenvalue weighted by Crippen LogP contribution is 2.26. The van der Waals surface area contributed by atoms with Gasteiger partial charge in [0.15, 0.2) is 0 Å². The number of hydrogen-bond acceptors (Lipinski definition) is 4. The molecule has 3 aromatic rings. The summed E-state index contributed by atoms with van der Waals surface area (Å²) < 4.78 is 5.27. The van der Waals surface area contributed by atoms with Crippen molar-refractivity contribution in [3.8, 4) is 5.75 Å². The number of amides is 1. The predicted molar refractivity (Wildman–Crippen MR) is 113 cm³/mol. The van der Waals surface area contributed by atoms with Crippen molar-refractivity contribution in [2.75, 3.05) is 26.7 Å². The van der Waals surface area contributed by atoms with E-state index < -0.39 is 0 Å². The number of pyridine rings is 1. The van der Waals surface area contributed by atoms with Crippen molar-refractivity contribution in [1.29, 1.82) is 0 Å². The van der Waals surface area contributed by atoms with Crippen LogP contribution in [0.15, 0.2) is 59.4 Å². The first-order valence-corrected chi connectivity index (χ1v) is 9.94. The molecule has 1 amide bonds. The Bertz CT molecular complexity index is 1050. The summed E-state index contributed by atoms with van der Waals surface area (Å²) in [6.45, 7) is 2.51. The van der Waals surface area contributed by atoms with E-state index in [-0.39, 0.29) is 17.5 Å². The van der Waals surface area contributed by atoms with Crippen molar-refractivity contribution in [3.05, 3.63) is 76.1 Å². The van der Waals surface area contributed by atoms with Gasteiger partial charge in [-0.3, -0.25) is 14.5 Å². The lowest BCUT2D eigenvalue weighted by atomic mass is 10.0. The zero-order chi connectivity index (χ0) is 20.2. The van der Waals surface area contributed by atoms with Crippen molar-refractivity contribution in [2.24, 2.45) is 0 Å². The molecule has 4 rings (SSSR count). The van der Waals surface area contributed by atoms with Gasteiger partial charge in [-0.2, -0.15) is 0 Å². The van der Waals surface area contributed by atoms with Crippen LogP contribution in [0.25, 0.3) is 10.9 Å². The molecule has 0 unspecified atom stereocenters. The monoisotopic (exact) mass is 391 g/mol. The Morgan fingerprint density at radius 1 is 1.14 bits per heavy atom. The Hall–Kier alpha value is -3.12. The van der Waals surface area contributed by atoms with Crippen LogP contribution in [0, 0.1) is 0 Å². The van der Waals surface area contributed by atoms with Crippen LogP contribution in [-0.2, 0) is 0 Å². The summed E-state index contributed by atoms with van der Waals surface area (Å²) in [7, 11) is 1.65. The second kappa shape index (κ2) is 8.49. The van der Waals surface area contributed by atoms with Crippen molar-refractivity contribution in [3.63, 3.8) is 0 Å². The summed E-state index contributed by atoms with van der Waals surface area (Å²) in [5.74, 6) is 0.581. The molecule has 1 aliphatic rings. The molecule has 0 aliphatic carbocycles. The van der Waals surface area contributed by atoms with Crippen LogP contribution in [0.5, 0.6) is 5.75 Å². The highest BCUT2D eigenvalue weighted by atomic mass is 16.5. The maximum Gasteiger partial charge on any atom is 0.252 e. The summed E-state index contributed by atoms with van der Waals surface area (Å²) in [6.07, 6.45) is 2.33. The number of ether oxygens (including phenoxy) is 1. The molecule has 6 nitrogen and oxygen atoms in total. The van der Waals surface area contributed by atoms with Crippen molar-refractivity contribution < 1.29 is 9.53 Å². The summed E-state index contributed by atoms with van der Waals surface area (Å²) >= 11 is 0. The second-order valence-electron chi connectivity index (χ2n) is 7.33. The topological polar surface area (TPSA) is 74.4 Å². The SMILES string of the molecule is COc1ccc([C@H](CNC(=O)c2cc(=O)[nH]c3ccccc23)N2CCCC2)cc1. The average molecular weight is 391 g/mol. The van der Waals surface area contributed by atoms with Crippen molar-refractivity contribution in [2.45, 2.75) is 18.9 Å². The van der Waals surface area contributed by atoms with Gasteiger partial charge in [0.2, 0.25) is 5.56 Å². The van der Waals surface area contributed by atoms with Gasteiger partial charge in [0.05, 0.1) is 18.7 Å². The number of H-pyrrole nitrogens is 1. The molecule has 0 bridgehead atoms. The Balaban J connectivity index is 1.57. The van der Waals surface area contributed by atoms with Gasteiger partial charge in [-0.05, 0) is 49.7 Å². The van der Waals surface area contributed by atoms with E-state index in [0.29, 0.717) is 17.6 Å². The number of hydrogen-bond donors (Lipinski definition) is 2. The molecule has 2 heterocycles. The summed E-state index contributed by atoms with van der Waals surface area (Å²) in [4.78, 5) is 30.1. The van der Waals surface area contributed by atoms with Gasteiger partial charge in [0.25, 0.3) is 5.91 Å². The zero-order valence-electron chi connectivity index (χ0n) is 16.5. The fourth-order valence-electron chi connectivity index (χ4n) is 4.01. The molecule has 0 radical (unpaired) electrons. The molecule has 0 saturated carbocycles. The minimum atomic E-state index is -0.278. The Morgan fingerprint density at radius 2 is 1.86 bits per heavy atom. The van der Waals surface area contributed by atoms with E-state index in [1.54, 1.807) is 13.2 Å². The number of nitrogens with zero attached hydrogens (tertiary/aromatic N) is 1. The van der Waals surface area contributed by atoms with E-state index in [4.69, 9.17) is 4.74 Å². The molecule has 150 valence electrons. The van der Waals surface area contributed by atoms with Crippen molar-refractivity contribution >= 4 is 16.8 Å². The molecule has 1 aromatic heterocycles. The number of fused-ring (bicyclic) bond motifs is 1. The second-order valence-corrected chi connectivity index (χ2v) is 7.33. The van der Waals surface area contributed by atoms with Crippen LogP contribution in [0.3, 0.4) is 0 Å². The molecular formula is C23H25N3O3. The minimum Gasteiger partial charge on any atom is -0.497 e. The van der Waals surface area contributed by atoms with E-state index in [2.05, 4.69) is 27.3 Å². The molecular weight excluding hydrogens is 366 g/mol. The predicted octanol–water partition coefficient (Wildman–Crippen LogP) is 3.10. The number of aromatic nitrogens is 1. The number of likely N-dealkylation sites (tertiary alicyclic amines) is 1. The summed E-state index contributed by atoms with van der Waals surface area (Å²) in [5.41, 5.74) is 1.93. The third kappa shape index (κ3) is 4.17. The minimum absolute atomic E-state index is 0.0839. The summed E-state index contributed by atoms with van der Waals surface area (Å²) in [6, 6.07) is 16.8. The number of benzene rings is 2. The van der Waals surface area contributed by atoms with E-state index in [1.807, 2.05) is 30.3 Å². The molecule has 1 fully saturated rings. The Morgan fingerprint density at radius 3 is 2.59 bits per heavy atom. The first-order chi connectivity index (χ1) is 14.2. The first kappa shape index (κ1) is 19.2. The lowest BCUT2D eigenvalue weighted by Gasteiger charge is -2.28. The molecule has 0 spiro atoms. The number of methoxy groups -OCH3 is 1. The van der Waals surface area contributed by atoms with Gasteiger partial charge in [0.1, 0.15) is 5.75 Å². The van der Waals surface area contributed by atoms with Crippen LogP contribution < -0.4 is 15.6 Å². The number of aromatic amines is 1. The van der Waals surface area contributed by atoms with Gasteiger partial charge in [-0.25, -0.2) is 0 Å². The molecule has 2 aromatic carbocycles. The maximum atomic E-state index is 13.0. The highest BCUT2D eigenvalue weighted by molar-refractivity contribution is 6.05. The van der Waals surface area contributed by atoms with Crippen LogP contribution in [0.4, 0.5) is 0 Å². The van der Waals surface area contributed by atoms with E-state index in [0.717, 1.165) is 29.8 Å². The van der Waals surface area contributed by atoms with Gasteiger partial charge in [0, 0.05) is 23.5 Å². The number of nitrogens with one attached hydrogen (secondary N) is 2. The molecule has 6 heteroatoms. The number of carbonyl (C=O) groups is 1. The lowest BCUT2D eigenvalue weighted by molar-refractivity contribution is 0.0939. The largest absolute Gasteiger partial charge is 0.497 e. The third-order valence-electron chi connectivity index (χ3n) is 5.53. The van der Waals surface area contributed by atoms with E-state index >= 15 is 0 Å². The number of para-hydroxylation sites is 1. The number of carbonyl (C=O) groups excluding carboxylic acids is 1. The Kier molecular flexibility index (Phi) is 5.62. The lowest BCUT2D eigenvalue weighted by Crippen LogP contribution is -2.37. The normalized spacial score (nSPS) is 15.3. The molecule has 1 saturated heterocycles. The molecule has 2 N–H and O–H groups in total. The standard InChI is InChI=1S/C23H25N3O3/c1-29-17-10-8-16(9-11-17)21(26-12-4-5-13-26)15-24-23(28)19-14-22(27)25-20-7-3-2-6-18(19)20/h2-3,6-11,14,21H,4-5,12-13,15H2,1H3,(H,24,28)(H,25,27)/t21-/m0/s1. The summed E-state index contributed by atoms with van der Waals surface area (Å²) in [5, 5.41) is 3.80. The fraction of sp³-hybridized carbons (Fsp3) is 0.304. The molecule has 1 aliphatic heterocycles. The Labute approximate surface area is 169 Å². The highest BCUT2D eigenvalue weighted by Gasteiger charge is 2.24. The maximum absolute atomic E-state index is 13.0. The fourth-order valence-corrected chi connectivity index (χ4v) is 4.01. The zero-order valence-corrected chi connectivity index (χ0v) is 16.5. The number of rotatable bonds is 6. The third-order valence-corrected chi connectivity index (χ3v) is 5.53. The van der Waals surface area contributed by atoms with Crippen LogP contribution in [0.1, 0.15) is 34.8 Å². The van der Waals surface area contributed by atoms with Gasteiger partial charge < -0.3 is 15.0 Å². The average Bonchev–Trinajstić information content (AvgIpc) is 3.28. The smallest absolute Gasteiger partial charge is 0.252 e. The van der Waals surface area contributed by atoms with Crippen LogP contribution in [-0.4, -0.2) is 42.5 Å². The quantitative estimate of drug-likeness (QED) is 0.677. The van der Waals surface area contributed by atoms with Crippen LogP contribution in [0.2, 0.25) is 0 Å². The first-order valence-electron chi connectivity index (χ1n) is 9.94. The van der Waals surface area contributed by atoms with Crippen molar-refractivity contribution in [1.82, 2.24) is 15.2 Å². The van der Waals surface area contributed by atoms with Gasteiger partial charge >= 0.3 is 0 Å². The van der Waals surface area contributed by atoms with Gasteiger partial charge in [-0.15, -0.1) is 0 Å². The van der Waals surface area contributed by atoms with E-state index in [9.17, 15) is 9.59 Å².